The van der Waals surface area contributed by atoms with Gasteiger partial charge >= 0.3 is 23.9 Å². The fraction of sp³-hybridized carbons (Fsp3) is 0. The number of aromatic carboxylic acids is 4. The zero-order chi connectivity index (χ0) is 40.8. The van der Waals surface area contributed by atoms with Gasteiger partial charge in [-0.25, -0.2) is 19.2 Å². The maximum atomic E-state index is 11.6. The van der Waals surface area contributed by atoms with Crippen LogP contribution >= 0.6 is 16.9 Å². The number of hydrogen-bond acceptors (Lipinski definition) is 10. The van der Waals surface area contributed by atoms with Crippen molar-refractivity contribution in [1.82, 2.24) is 0 Å². The molecule has 0 saturated heterocycles. The van der Waals surface area contributed by atoms with Crippen LogP contribution in [0.25, 0.3) is 44.5 Å². The summed E-state index contributed by atoms with van der Waals surface area (Å²) in [6.45, 7) is 0. The number of carboxylic acids is 4. The highest BCUT2D eigenvalue weighted by Gasteiger charge is 2.17. The van der Waals surface area contributed by atoms with Crippen molar-refractivity contribution in [2.45, 2.75) is 0 Å². The molecule has 0 aliphatic carbocycles. The van der Waals surface area contributed by atoms with E-state index in [-0.39, 0.29) is 61.9 Å². The van der Waals surface area contributed by atoms with Crippen LogP contribution in [-0.4, -0.2) is 44.3 Å². The molecular weight excluding hydrogens is 758 g/mol. The minimum Gasteiger partial charge on any atom is -0.478 e. The van der Waals surface area contributed by atoms with E-state index in [0.29, 0.717) is 55.1 Å². The molecule has 6 aromatic rings. The maximum absolute atomic E-state index is 11.6. The molecule has 0 radical (unpaired) electrons. The molecule has 0 aromatic heterocycles. The van der Waals surface area contributed by atoms with Crippen LogP contribution in [0.4, 0.5) is 22.7 Å². The Morgan fingerprint density at radius 1 is 0.357 bits per heavy atom. The highest BCUT2D eigenvalue weighted by atomic mass is 31.1. The van der Waals surface area contributed by atoms with Gasteiger partial charge in [0, 0.05) is 45.0 Å². The summed E-state index contributed by atoms with van der Waals surface area (Å²) in [5.41, 5.74) is 30.1. The first-order chi connectivity index (χ1) is 26.6. The van der Waals surface area contributed by atoms with E-state index in [2.05, 4.69) is 0 Å². The second kappa shape index (κ2) is 16.7. The Hall–Kier alpha value is -7.40. The summed E-state index contributed by atoms with van der Waals surface area (Å²) in [7, 11) is -0.449. The molecule has 0 fully saturated rings. The Kier molecular flexibility index (Phi) is 11.9. The average molecular weight is 789 g/mol. The molecular formula is C40H30N4O10P2. The molecule has 0 aliphatic heterocycles. The first-order valence-electron chi connectivity index (χ1n) is 16.1. The third-order valence-electron chi connectivity index (χ3n) is 8.59. The fourth-order valence-electron chi connectivity index (χ4n) is 5.80. The number of carboxylic acid groups (broad SMARTS) is 4. The van der Waals surface area contributed by atoms with Crippen molar-refractivity contribution < 1.29 is 48.7 Å². The van der Waals surface area contributed by atoms with Crippen molar-refractivity contribution in [3.05, 3.63) is 131 Å². The first-order valence-corrected chi connectivity index (χ1v) is 17.7. The van der Waals surface area contributed by atoms with Crippen molar-refractivity contribution in [3.8, 4) is 44.5 Å². The van der Waals surface area contributed by atoms with Gasteiger partial charge in [-0.15, -0.1) is 0 Å². The lowest BCUT2D eigenvalue weighted by Gasteiger charge is -2.13. The Morgan fingerprint density at radius 2 is 0.625 bits per heavy atom. The Labute approximate surface area is 321 Å². The molecule has 0 aliphatic rings. The molecule has 14 nitrogen and oxygen atoms in total. The Morgan fingerprint density at radius 3 is 0.857 bits per heavy atom. The molecule has 6 rings (SSSR count). The van der Waals surface area contributed by atoms with Crippen LogP contribution < -0.4 is 33.5 Å². The van der Waals surface area contributed by atoms with Gasteiger partial charge in [0.15, 0.2) is 16.9 Å². The highest BCUT2D eigenvalue weighted by Crippen LogP contribution is 2.35. The summed E-state index contributed by atoms with van der Waals surface area (Å²) in [4.78, 5) is 44.4. The molecule has 0 heterocycles. The predicted octanol–water partition coefficient (Wildman–Crippen LogP) is 7.00. The monoisotopic (exact) mass is 788 g/mol. The standard InChI is InChI=1S/2C20H15N2O5P/c2*21-16-8-11(19(23)24)1-4-13(16)10-3-6-18(28-27)15(7-10)14-5-2-12(20(25)26)9-17(14)22/h2*1-9H,21-22H2,(H,23,24)(H,25,26). The second-order valence-corrected chi connectivity index (χ2v) is 13.4. The molecule has 0 saturated carbocycles. The number of benzene rings is 6. The number of rotatable bonds is 10. The largest absolute Gasteiger partial charge is 0.478 e. The molecule has 12 N–H and O–H groups in total. The third-order valence-corrected chi connectivity index (χ3v) is 9.76. The summed E-state index contributed by atoms with van der Waals surface area (Å²) in [5, 5.41) is 37.3. The molecule has 16 heteroatoms. The number of hydrogen-bond donors (Lipinski definition) is 8. The third kappa shape index (κ3) is 8.53. The lowest BCUT2D eigenvalue weighted by molar-refractivity contribution is 0.0686. The zero-order valence-electron chi connectivity index (χ0n) is 28.8. The van der Waals surface area contributed by atoms with Crippen molar-refractivity contribution in [1.29, 1.82) is 0 Å². The van der Waals surface area contributed by atoms with Gasteiger partial charge < -0.3 is 43.4 Å². The van der Waals surface area contributed by atoms with Crippen LogP contribution in [0.5, 0.6) is 0 Å². The van der Waals surface area contributed by atoms with Gasteiger partial charge in [-0.3, -0.25) is 9.13 Å². The highest BCUT2D eigenvalue weighted by molar-refractivity contribution is 7.34. The van der Waals surface area contributed by atoms with Crippen LogP contribution in [-0.2, 0) is 9.13 Å². The van der Waals surface area contributed by atoms with Gasteiger partial charge in [-0.2, -0.15) is 0 Å². The second-order valence-electron chi connectivity index (χ2n) is 12.1. The summed E-state index contributed by atoms with van der Waals surface area (Å²) in [6.07, 6.45) is 0. The Bertz CT molecular complexity index is 2430. The van der Waals surface area contributed by atoms with Crippen LogP contribution in [0.3, 0.4) is 0 Å². The van der Waals surface area contributed by atoms with E-state index >= 15 is 0 Å². The van der Waals surface area contributed by atoms with Gasteiger partial charge in [-0.1, -0.05) is 36.4 Å². The summed E-state index contributed by atoms with van der Waals surface area (Å²) < 4.78 is 23.2. The Balaban J connectivity index is 0.000000214. The van der Waals surface area contributed by atoms with E-state index < -0.39 is 23.9 Å². The summed E-state index contributed by atoms with van der Waals surface area (Å²) >= 11 is 0. The number of nitrogens with two attached hydrogens (primary N) is 4. The zero-order valence-corrected chi connectivity index (χ0v) is 30.6. The van der Waals surface area contributed by atoms with E-state index in [4.69, 9.17) is 43.4 Å². The smallest absolute Gasteiger partial charge is 0.335 e. The van der Waals surface area contributed by atoms with E-state index in [1.54, 1.807) is 60.7 Å². The van der Waals surface area contributed by atoms with Crippen molar-refractivity contribution in [3.63, 3.8) is 0 Å². The van der Waals surface area contributed by atoms with Gasteiger partial charge in [-0.05, 0) is 95.1 Å². The van der Waals surface area contributed by atoms with Crippen molar-refractivity contribution in [2.24, 2.45) is 0 Å². The van der Waals surface area contributed by atoms with E-state index in [1.807, 2.05) is 0 Å². The molecule has 0 amide bonds. The number of carbonyl (C=O) groups is 4. The maximum Gasteiger partial charge on any atom is 0.335 e. The summed E-state index contributed by atoms with van der Waals surface area (Å²) in [6, 6.07) is 27.7. The normalized spacial score (nSPS) is 10.7. The minimum absolute atomic E-state index is 0.0483. The van der Waals surface area contributed by atoms with Gasteiger partial charge in [0.2, 0.25) is 0 Å². The van der Waals surface area contributed by atoms with E-state index in [0.717, 1.165) is 0 Å². The number of anilines is 4. The average Bonchev–Trinajstić information content (AvgIpc) is 3.17. The summed E-state index contributed by atoms with van der Waals surface area (Å²) in [5.74, 6) is -4.35. The van der Waals surface area contributed by atoms with E-state index in [1.165, 1.54) is 48.5 Å². The SMILES string of the molecule is Nc1cc(C(=O)O)ccc1-c1ccc(P=O)c(-c2ccc(C(=O)O)cc2N)c1.Nc1cc(C(=O)O)ccc1-c1ccc(P=O)c(-c2ccc(C(=O)O)cc2N)c1. The van der Waals surface area contributed by atoms with Gasteiger partial charge in [0.05, 0.1) is 32.9 Å². The first kappa shape index (κ1) is 39.8. The van der Waals surface area contributed by atoms with Crippen molar-refractivity contribution in [2.75, 3.05) is 22.9 Å². The van der Waals surface area contributed by atoms with Gasteiger partial charge in [0.25, 0.3) is 0 Å². The van der Waals surface area contributed by atoms with Crippen molar-refractivity contribution >= 4 is 74.2 Å². The molecule has 0 atom stereocenters. The quantitative estimate of drug-likeness (QED) is 0.0513. The van der Waals surface area contributed by atoms with Crippen LogP contribution in [0.15, 0.2) is 109 Å². The molecule has 0 unspecified atom stereocenters. The van der Waals surface area contributed by atoms with E-state index in [9.17, 15) is 28.3 Å². The lowest BCUT2D eigenvalue weighted by atomic mass is 9.95. The topological polar surface area (TPSA) is 287 Å². The van der Waals surface area contributed by atoms with Crippen LogP contribution in [0, 0.1) is 0 Å². The molecule has 280 valence electrons. The van der Waals surface area contributed by atoms with Crippen LogP contribution in [0.1, 0.15) is 41.4 Å². The van der Waals surface area contributed by atoms with Gasteiger partial charge in [0.1, 0.15) is 0 Å². The minimum atomic E-state index is -1.10. The lowest BCUT2D eigenvalue weighted by Crippen LogP contribution is -2.04. The van der Waals surface area contributed by atoms with Crippen LogP contribution in [0.2, 0.25) is 0 Å². The fourth-order valence-corrected chi connectivity index (χ4v) is 6.63. The molecule has 0 spiro atoms. The number of nitrogen functional groups attached to an aromatic ring is 4. The molecule has 56 heavy (non-hydrogen) atoms. The predicted molar refractivity (Wildman–Crippen MR) is 215 cm³/mol. The molecule has 6 aromatic carbocycles. The molecule has 0 bridgehead atoms.